The number of hydrogen-bond acceptors (Lipinski definition) is 3. The van der Waals surface area contributed by atoms with E-state index in [1.54, 1.807) is 13.8 Å². The first-order valence-electron chi connectivity index (χ1n) is 4.05. The Labute approximate surface area is 68.0 Å². The molecule has 0 aliphatic heterocycles. The third-order valence-corrected chi connectivity index (χ3v) is 1.70. The van der Waals surface area contributed by atoms with Gasteiger partial charge in [-0.15, -0.1) is 0 Å². The van der Waals surface area contributed by atoms with Crippen molar-refractivity contribution in [1.29, 1.82) is 0 Å². The zero-order chi connectivity index (χ0) is 8.85. The molecule has 0 fully saturated rings. The first kappa shape index (κ1) is 10.9. The second kappa shape index (κ2) is 5.52. The maximum Gasteiger partial charge on any atom is 0.0804 e. The molecule has 68 valence electrons. The van der Waals surface area contributed by atoms with Crippen LogP contribution in [-0.4, -0.2) is 35.1 Å². The van der Waals surface area contributed by atoms with Crippen molar-refractivity contribution in [3.8, 4) is 0 Å². The molecule has 0 spiro atoms. The van der Waals surface area contributed by atoms with Crippen LogP contribution in [0.1, 0.15) is 27.2 Å². The van der Waals surface area contributed by atoms with Crippen LogP contribution in [0.25, 0.3) is 0 Å². The van der Waals surface area contributed by atoms with Crippen molar-refractivity contribution in [3.05, 3.63) is 0 Å². The van der Waals surface area contributed by atoms with Gasteiger partial charge in [0.25, 0.3) is 0 Å². The molecular formula is C8H18O3. The SMILES string of the molecule is CCC(O)COC(C)C(C)O. The molecule has 0 aromatic heterocycles. The molecule has 0 radical (unpaired) electrons. The minimum atomic E-state index is -0.473. The van der Waals surface area contributed by atoms with Crippen LogP contribution in [0.3, 0.4) is 0 Å². The van der Waals surface area contributed by atoms with Crippen LogP contribution in [0.15, 0.2) is 0 Å². The molecule has 0 amide bonds. The van der Waals surface area contributed by atoms with E-state index in [1.165, 1.54) is 0 Å². The van der Waals surface area contributed by atoms with Gasteiger partial charge in [0.1, 0.15) is 0 Å². The Morgan fingerprint density at radius 2 is 1.82 bits per heavy atom. The molecule has 0 aliphatic rings. The van der Waals surface area contributed by atoms with E-state index in [2.05, 4.69) is 0 Å². The van der Waals surface area contributed by atoms with E-state index in [1.807, 2.05) is 6.92 Å². The van der Waals surface area contributed by atoms with Crippen LogP contribution in [0.2, 0.25) is 0 Å². The number of aliphatic hydroxyl groups is 2. The van der Waals surface area contributed by atoms with Gasteiger partial charge in [-0.2, -0.15) is 0 Å². The summed E-state index contributed by atoms with van der Waals surface area (Å²) in [6.07, 6.45) is -0.390. The Morgan fingerprint density at radius 1 is 1.27 bits per heavy atom. The lowest BCUT2D eigenvalue weighted by atomic mass is 10.2. The summed E-state index contributed by atoms with van der Waals surface area (Å²) in [7, 11) is 0. The highest BCUT2D eigenvalue weighted by atomic mass is 16.5. The molecule has 3 nitrogen and oxygen atoms in total. The third-order valence-electron chi connectivity index (χ3n) is 1.70. The van der Waals surface area contributed by atoms with Crippen LogP contribution in [0.5, 0.6) is 0 Å². The molecule has 11 heavy (non-hydrogen) atoms. The van der Waals surface area contributed by atoms with Crippen LogP contribution in [-0.2, 0) is 4.74 Å². The number of rotatable bonds is 5. The quantitative estimate of drug-likeness (QED) is 0.620. The maximum atomic E-state index is 9.08. The van der Waals surface area contributed by atoms with Crippen molar-refractivity contribution >= 4 is 0 Å². The monoisotopic (exact) mass is 162 g/mol. The van der Waals surface area contributed by atoms with Gasteiger partial charge in [-0.3, -0.25) is 0 Å². The van der Waals surface area contributed by atoms with Crippen molar-refractivity contribution in [3.63, 3.8) is 0 Å². The van der Waals surface area contributed by atoms with Crippen molar-refractivity contribution in [2.45, 2.75) is 45.5 Å². The van der Waals surface area contributed by atoms with Gasteiger partial charge in [0.2, 0.25) is 0 Å². The first-order chi connectivity index (χ1) is 5.07. The van der Waals surface area contributed by atoms with Crippen LogP contribution >= 0.6 is 0 Å². The summed E-state index contributed by atoms with van der Waals surface area (Å²) in [4.78, 5) is 0. The molecule has 0 saturated heterocycles. The van der Waals surface area contributed by atoms with E-state index in [0.29, 0.717) is 13.0 Å². The van der Waals surface area contributed by atoms with Crippen molar-refractivity contribution in [2.75, 3.05) is 6.61 Å². The molecule has 3 atom stereocenters. The molecular weight excluding hydrogens is 144 g/mol. The summed E-state index contributed by atoms with van der Waals surface area (Å²) in [6.45, 7) is 5.65. The standard InChI is InChI=1S/C8H18O3/c1-4-8(10)5-11-7(3)6(2)9/h6-10H,4-5H2,1-3H3. The lowest BCUT2D eigenvalue weighted by Crippen LogP contribution is -2.27. The van der Waals surface area contributed by atoms with E-state index in [4.69, 9.17) is 14.9 Å². The van der Waals surface area contributed by atoms with Gasteiger partial charge in [0.05, 0.1) is 24.9 Å². The van der Waals surface area contributed by atoms with E-state index in [0.717, 1.165) is 0 Å². The van der Waals surface area contributed by atoms with Gasteiger partial charge in [0, 0.05) is 0 Å². The fourth-order valence-electron chi connectivity index (χ4n) is 0.520. The third kappa shape index (κ3) is 5.18. The average Bonchev–Trinajstić information content (AvgIpc) is 1.99. The molecule has 3 heteroatoms. The summed E-state index contributed by atoms with van der Waals surface area (Å²) in [5.41, 5.74) is 0. The molecule has 2 N–H and O–H groups in total. The summed E-state index contributed by atoms with van der Waals surface area (Å²) >= 11 is 0. The zero-order valence-electron chi connectivity index (χ0n) is 7.45. The van der Waals surface area contributed by atoms with Crippen molar-refractivity contribution < 1.29 is 14.9 Å². The van der Waals surface area contributed by atoms with Crippen molar-refractivity contribution in [1.82, 2.24) is 0 Å². The number of hydrogen-bond donors (Lipinski definition) is 2. The van der Waals surface area contributed by atoms with E-state index >= 15 is 0 Å². The molecule has 3 unspecified atom stereocenters. The van der Waals surface area contributed by atoms with E-state index in [9.17, 15) is 0 Å². The van der Waals surface area contributed by atoms with Gasteiger partial charge in [0.15, 0.2) is 0 Å². The first-order valence-corrected chi connectivity index (χ1v) is 4.05. The van der Waals surface area contributed by atoms with Gasteiger partial charge in [-0.05, 0) is 20.3 Å². The Morgan fingerprint density at radius 3 is 2.18 bits per heavy atom. The van der Waals surface area contributed by atoms with Gasteiger partial charge < -0.3 is 14.9 Å². The van der Waals surface area contributed by atoms with Gasteiger partial charge in [-0.25, -0.2) is 0 Å². The normalized spacial score (nSPS) is 19.4. The predicted molar refractivity (Wildman–Crippen MR) is 43.4 cm³/mol. The minimum Gasteiger partial charge on any atom is -0.391 e. The Hall–Kier alpha value is -0.120. The Balaban J connectivity index is 3.37. The summed E-state index contributed by atoms with van der Waals surface area (Å²) < 4.78 is 5.16. The maximum absolute atomic E-state index is 9.08. The smallest absolute Gasteiger partial charge is 0.0804 e. The number of aliphatic hydroxyl groups excluding tert-OH is 2. The number of ether oxygens (including phenoxy) is 1. The van der Waals surface area contributed by atoms with Crippen LogP contribution < -0.4 is 0 Å². The highest BCUT2D eigenvalue weighted by Crippen LogP contribution is 2.00. The fourth-order valence-corrected chi connectivity index (χ4v) is 0.520. The summed E-state index contributed by atoms with van der Waals surface area (Å²) in [5, 5.41) is 18.1. The molecule has 0 aromatic rings. The fraction of sp³-hybridized carbons (Fsp3) is 1.00. The molecule has 0 bridgehead atoms. The topological polar surface area (TPSA) is 49.7 Å². The highest BCUT2D eigenvalue weighted by molar-refractivity contribution is 4.58. The lowest BCUT2D eigenvalue weighted by molar-refractivity contribution is -0.0520. The highest BCUT2D eigenvalue weighted by Gasteiger charge is 2.10. The van der Waals surface area contributed by atoms with Gasteiger partial charge in [-0.1, -0.05) is 6.92 Å². The van der Waals surface area contributed by atoms with E-state index < -0.39 is 12.2 Å². The molecule has 0 aliphatic carbocycles. The second-order valence-corrected chi connectivity index (χ2v) is 2.84. The van der Waals surface area contributed by atoms with Crippen LogP contribution in [0.4, 0.5) is 0 Å². The second-order valence-electron chi connectivity index (χ2n) is 2.84. The largest absolute Gasteiger partial charge is 0.391 e. The summed E-state index contributed by atoms with van der Waals surface area (Å²) in [6, 6.07) is 0. The average molecular weight is 162 g/mol. The van der Waals surface area contributed by atoms with Crippen molar-refractivity contribution in [2.24, 2.45) is 0 Å². The molecule has 0 saturated carbocycles. The lowest BCUT2D eigenvalue weighted by Gasteiger charge is -2.17. The minimum absolute atomic E-state index is 0.198. The van der Waals surface area contributed by atoms with Crippen LogP contribution in [0, 0.1) is 0 Å². The molecule has 0 heterocycles. The molecule has 0 aromatic carbocycles. The Bertz CT molecular complexity index is 93.3. The Kier molecular flexibility index (Phi) is 5.46. The van der Waals surface area contributed by atoms with E-state index in [-0.39, 0.29) is 6.10 Å². The zero-order valence-corrected chi connectivity index (χ0v) is 7.45. The molecule has 0 rings (SSSR count). The predicted octanol–water partition coefficient (Wildman–Crippen LogP) is 0.543. The summed E-state index contributed by atoms with van der Waals surface area (Å²) in [5.74, 6) is 0. The van der Waals surface area contributed by atoms with Gasteiger partial charge >= 0.3 is 0 Å².